The van der Waals surface area contributed by atoms with Gasteiger partial charge in [0.05, 0.1) is 5.92 Å². The van der Waals surface area contributed by atoms with E-state index in [1.165, 1.54) is 0 Å². The number of aliphatic carboxylic acids is 1. The predicted octanol–water partition coefficient (Wildman–Crippen LogP) is 1.19. The molecule has 0 aromatic heterocycles. The van der Waals surface area contributed by atoms with Crippen LogP contribution in [0.15, 0.2) is 0 Å². The van der Waals surface area contributed by atoms with Crippen molar-refractivity contribution in [3.8, 4) is 0 Å². The highest BCUT2D eigenvalue weighted by molar-refractivity contribution is 5.70. The van der Waals surface area contributed by atoms with Crippen molar-refractivity contribution in [1.29, 1.82) is 0 Å². The lowest BCUT2D eigenvalue weighted by atomic mass is 9.85. The van der Waals surface area contributed by atoms with Crippen molar-refractivity contribution < 1.29 is 9.90 Å². The van der Waals surface area contributed by atoms with Crippen molar-refractivity contribution in [3.63, 3.8) is 0 Å². The largest absolute Gasteiger partial charge is 0.481 e. The fourth-order valence-corrected chi connectivity index (χ4v) is 1.86. The Bertz CT molecular complexity index is 168. The lowest BCUT2D eigenvalue weighted by Crippen LogP contribution is -2.35. The second-order valence-electron chi connectivity index (χ2n) is 3.82. The van der Waals surface area contributed by atoms with E-state index in [-0.39, 0.29) is 5.92 Å². The Hall–Kier alpha value is -0.570. The molecule has 0 aromatic rings. The predicted molar refractivity (Wildman–Crippen MR) is 47.1 cm³/mol. The number of hydrogen-bond acceptors (Lipinski definition) is 2. The molecule has 0 aromatic carbocycles. The third kappa shape index (κ3) is 2.21. The van der Waals surface area contributed by atoms with Crippen molar-refractivity contribution in [3.05, 3.63) is 0 Å². The van der Waals surface area contributed by atoms with Crippen LogP contribution in [0.4, 0.5) is 0 Å². The Kier molecular flexibility index (Phi) is 3.09. The van der Waals surface area contributed by atoms with E-state index in [0.717, 1.165) is 25.7 Å². The van der Waals surface area contributed by atoms with Crippen LogP contribution in [0.25, 0.3) is 0 Å². The molecule has 0 heterocycles. The summed E-state index contributed by atoms with van der Waals surface area (Å²) in [5.41, 5.74) is 0. The van der Waals surface area contributed by atoms with Crippen LogP contribution in [0.3, 0.4) is 0 Å². The number of rotatable bonds is 2. The van der Waals surface area contributed by atoms with E-state index in [1.54, 1.807) is 0 Å². The summed E-state index contributed by atoms with van der Waals surface area (Å²) in [6.45, 7) is 0. The molecule has 3 heteroatoms. The summed E-state index contributed by atoms with van der Waals surface area (Å²) in [5, 5.41) is 8.82. The standard InChI is InChI=1S/C9H17NO2/c1-10(2)8-5-3-4-7(6-8)9(11)12/h7-8H,3-6H2,1-2H3,(H,11,12)/t7-,8+/m1/s1. The van der Waals surface area contributed by atoms with Gasteiger partial charge in [0.25, 0.3) is 0 Å². The summed E-state index contributed by atoms with van der Waals surface area (Å²) in [5.74, 6) is -0.729. The molecule has 1 aliphatic carbocycles. The number of carboxylic acids is 1. The average Bonchev–Trinajstić information content (AvgIpc) is 2.04. The first-order valence-corrected chi connectivity index (χ1v) is 4.50. The van der Waals surface area contributed by atoms with Crippen LogP contribution in [-0.2, 0) is 4.79 Å². The Balaban J connectivity index is 2.46. The summed E-state index contributed by atoms with van der Waals surface area (Å²) in [7, 11) is 4.05. The van der Waals surface area contributed by atoms with E-state index in [0.29, 0.717) is 6.04 Å². The van der Waals surface area contributed by atoms with Crippen molar-refractivity contribution >= 4 is 5.97 Å². The van der Waals surface area contributed by atoms with Crippen molar-refractivity contribution in [2.75, 3.05) is 14.1 Å². The molecule has 2 atom stereocenters. The van der Waals surface area contributed by atoms with Gasteiger partial charge in [-0.1, -0.05) is 6.42 Å². The Labute approximate surface area is 73.4 Å². The molecule has 0 saturated heterocycles. The van der Waals surface area contributed by atoms with Crippen LogP contribution < -0.4 is 0 Å². The Morgan fingerprint density at radius 3 is 2.58 bits per heavy atom. The number of nitrogens with zero attached hydrogens (tertiary/aromatic N) is 1. The second kappa shape index (κ2) is 3.90. The lowest BCUT2D eigenvalue weighted by molar-refractivity contribution is -0.143. The fourth-order valence-electron chi connectivity index (χ4n) is 1.86. The quantitative estimate of drug-likeness (QED) is 0.678. The van der Waals surface area contributed by atoms with Crippen LogP contribution in [0.2, 0.25) is 0 Å². The van der Waals surface area contributed by atoms with Gasteiger partial charge >= 0.3 is 5.97 Å². The van der Waals surface area contributed by atoms with Gasteiger partial charge in [-0.2, -0.15) is 0 Å². The monoisotopic (exact) mass is 171 g/mol. The summed E-state index contributed by atoms with van der Waals surface area (Å²) >= 11 is 0. The van der Waals surface area contributed by atoms with E-state index in [4.69, 9.17) is 5.11 Å². The van der Waals surface area contributed by atoms with Crippen LogP contribution >= 0.6 is 0 Å². The Morgan fingerprint density at radius 1 is 1.42 bits per heavy atom. The molecular formula is C9H17NO2. The minimum Gasteiger partial charge on any atom is -0.481 e. The van der Waals surface area contributed by atoms with Crippen molar-refractivity contribution in [2.24, 2.45) is 5.92 Å². The fraction of sp³-hybridized carbons (Fsp3) is 0.889. The zero-order chi connectivity index (χ0) is 9.14. The van der Waals surface area contributed by atoms with E-state index < -0.39 is 5.97 Å². The third-order valence-corrected chi connectivity index (χ3v) is 2.73. The van der Waals surface area contributed by atoms with E-state index in [9.17, 15) is 4.79 Å². The molecule has 1 N–H and O–H groups in total. The SMILES string of the molecule is CN(C)[C@H]1CCC[C@@H](C(=O)O)C1. The highest BCUT2D eigenvalue weighted by Gasteiger charge is 2.27. The zero-order valence-electron chi connectivity index (χ0n) is 7.79. The molecule has 1 saturated carbocycles. The van der Waals surface area contributed by atoms with Crippen molar-refractivity contribution in [2.45, 2.75) is 31.7 Å². The summed E-state index contributed by atoms with van der Waals surface area (Å²) < 4.78 is 0. The van der Waals surface area contributed by atoms with E-state index >= 15 is 0 Å². The van der Waals surface area contributed by atoms with Gasteiger partial charge in [0.15, 0.2) is 0 Å². The van der Waals surface area contributed by atoms with Gasteiger partial charge in [-0.3, -0.25) is 4.79 Å². The van der Waals surface area contributed by atoms with Gasteiger partial charge in [-0.05, 0) is 33.4 Å². The minimum atomic E-state index is -0.624. The molecule has 3 nitrogen and oxygen atoms in total. The normalized spacial score (nSPS) is 30.6. The van der Waals surface area contributed by atoms with Gasteiger partial charge in [-0.15, -0.1) is 0 Å². The molecule has 0 amide bonds. The second-order valence-corrected chi connectivity index (χ2v) is 3.82. The topological polar surface area (TPSA) is 40.5 Å². The van der Waals surface area contributed by atoms with Crippen LogP contribution in [0.1, 0.15) is 25.7 Å². The van der Waals surface area contributed by atoms with Crippen LogP contribution in [0.5, 0.6) is 0 Å². The first-order chi connectivity index (χ1) is 5.61. The van der Waals surface area contributed by atoms with Gasteiger partial charge in [0.1, 0.15) is 0 Å². The minimum absolute atomic E-state index is 0.105. The average molecular weight is 171 g/mol. The molecule has 12 heavy (non-hydrogen) atoms. The molecule has 70 valence electrons. The highest BCUT2D eigenvalue weighted by Crippen LogP contribution is 2.26. The molecule has 1 fully saturated rings. The Morgan fingerprint density at radius 2 is 2.08 bits per heavy atom. The van der Waals surface area contributed by atoms with E-state index in [2.05, 4.69) is 4.90 Å². The molecule has 1 rings (SSSR count). The van der Waals surface area contributed by atoms with Crippen molar-refractivity contribution in [1.82, 2.24) is 4.90 Å². The number of carbonyl (C=O) groups is 1. The lowest BCUT2D eigenvalue weighted by Gasteiger charge is -2.31. The highest BCUT2D eigenvalue weighted by atomic mass is 16.4. The first-order valence-electron chi connectivity index (χ1n) is 4.50. The maximum Gasteiger partial charge on any atom is 0.306 e. The maximum atomic E-state index is 10.7. The third-order valence-electron chi connectivity index (χ3n) is 2.73. The molecule has 0 radical (unpaired) electrons. The van der Waals surface area contributed by atoms with Gasteiger partial charge in [0.2, 0.25) is 0 Å². The molecule has 0 bridgehead atoms. The summed E-state index contributed by atoms with van der Waals surface area (Å²) in [6, 6.07) is 0.472. The van der Waals surface area contributed by atoms with E-state index in [1.807, 2.05) is 14.1 Å². The smallest absolute Gasteiger partial charge is 0.306 e. The molecular weight excluding hydrogens is 154 g/mol. The summed E-state index contributed by atoms with van der Waals surface area (Å²) in [4.78, 5) is 12.8. The molecule has 1 aliphatic rings. The van der Waals surface area contributed by atoms with Crippen LogP contribution in [0, 0.1) is 5.92 Å². The van der Waals surface area contributed by atoms with Gasteiger partial charge in [-0.25, -0.2) is 0 Å². The molecule has 0 unspecified atom stereocenters. The van der Waals surface area contributed by atoms with Gasteiger partial charge < -0.3 is 10.0 Å². The number of hydrogen-bond donors (Lipinski definition) is 1. The first kappa shape index (κ1) is 9.52. The maximum absolute atomic E-state index is 10.7. The van der Waals surface area contributed by atoms with Gasteiger partial charge in [0, 0.05) is 6.04 Å². The summed E-state index contributed by atoms with van der Waals surface area (Å²) in [6.07, 6.45) is 3.89. The molecule has 0 spiro atoms. The number of carboxylic acid groups (broad SMARTS) is 1. The molecule has 0 aliphatic heterocycles. The van der Waals surface area contributed by atoms with Crippen LogP contribution in [-0.4, -0.2) is 36.1 Å². The zero-order valence-corrected chi connectivity index (χ0v) is 7.79.